The van der Waals surface area contributed by atoms with E-state index in [1.54, 1.807) is 0 Å². The van der Waals surface area contributed by atoms with E-state index in [0.717, 1.165) is 30.3 Å². The van der Waals surface area contributed by atoms with Crippen molar-refractivity contribution in [2.24, 2.45) is 0 Å². The van der Waals surface area contributed by atoms with Gasteiger partial charge in [-0.3, -0.25) is 0 Å². The fraction of sp³-hybridized carbons (Fsp3) is 0.167. The van der Waals surface area contributed by atoms with Crippen LogP contribution in [0.5, 0.6) is 17.2 Å². The third-order valence-corrected chi connectivity index (χ3v) is 9.08. The molecule has 9 aromatic carbocycles. The second-order valence-electron chi connectivity index (χ2n) is 13.0. The van der Waals surface area contributed by atoms with Crippen molar-refractivity contribution in [2.75, 3.05) is 13.2 Å². The molecule has 0 spiro atoms. The van der Waals surface area contributed by atoms with E-state index in [1.165, 1.54) is 64.6 Å². The van der Waals surface area contributed by atoms with E-state index >= 15 is 0 Å². The van der Waals surface area contributed by atoms with E-state index in [9.17, 15) is 0 Å². The summed E-state index contributed by atoms with van der Waals surface area (Å²) in [6.45, 7) is 9.75. The third kappa shape index (κ3) is 7.11. The summed E-state index contributed by atoms with van der Waals surface area (Å²) in [5.74, 6) is 2.97. The summed E-state index contributed by atoms with van der Waals surface area (Å²) in [6, 6.07) is 52.9. The zero-order valence-corrected chi connectivity index (χ0v) is 29.9. The van der Waals surface area contributed by atoms with Crippen LogP contribution in [-0.4, -0.2) is 19.3 Å². The molecular weight excluding hydrogens is 625 g/mol. The summed E-state index contributed by atoms with van der Waals surface area (Å²) in [5.41, 5.74) is 0. The Morgan fingerprint density at radius 2 is 0.941 bits per heavy atom. The summed E-state index contributed by atoms with van der Waals surface area (Å²) in [5, 5.41) is 15.0. The SMILES string of the molecule is CC(C)Oc1c2ccccc2cc2ccccc12.CCCOc1ccc2ccc3cccc4ccc1c2c34.CCOc1cccc2ccccc12. The van der Waals surface area contributed by atoms with Crippen molar-refractivity contribution >= 4 is 64.6 Å². The van der Waals surface area contributed by atoms with E-state index in [1.807, 2.05) is 31.2 Å². The molecule has 0 aliphatic rings. The number of fused-ring (bicyclic) bond motifs is 3. The number of hydrogen-bond donors (Lipinski definition) is 0. The Morgan fingerprint density at radius 3 is 1.59 bits per heavy atom. The van der Waals surface area contributed by atoms with Crippen molar-refractivity contribution in [2.45, 2.75) is 40.2 Å². The minimum absolute atomic E-state index is 0.180. The van der Waals surface area contributed by atoms with Crippen LogP contribution in [0.3, 0.4) is 0 Å². The van der Waals surface area contributed by atoms with Gasteiger partial charge in [0.2, 0.25) is 0 Å². The molecule has 0 radical (unpaired) electrons. The van der Waals surface area contributed by atoms with Crippen LogP contribution in [-0.2, 0) is 0 Å². The van der Waals surface area contributed by atoms with Gasteiger partial charge in [-0.05, 0) is 89.2 Å². The van der Waals surface area contributed by atoms with Crippen molar-refractivity contribution < 1.29 is 14.2 Å². The molecule has 0 amide bonds. The van der Waals surface area contributed by atoms with Crippen molar-refractivity contribution in [1.82, 2.24) is 0 Å². The Morgan fingerprint density at radius 1 is 0.431 bits per heavy atom. The van der Waals surface area contributed by atoms with E-state index in [-0.39, 0.29) is 6.10 Å². The van der Waals surface area contributed by atoms with Crippen LogP contribution in [0.2, 0.25) is 0 Å². The van der Waals surface area contributed by atoms with Gasteiger partial charge in [0, 0.05) is 26.9 Å². The van der Waals surface area contributed by atoms with Gasteiger partial charge in [0.1, 0.15) is 17.2 Å². The molecule has 0 aliphatic heterocycles. The highest BCUT2D eigenvalue weighted by Crippen LogP contribution is 2.39. The maximum absolute atomic E-state index is 6.04. The normalized spacial score (nSPS) is 11.2. The summed E-state index contributed by atoms with van der Waals surface area (Å²) in [4.78, 5) is 0. The molecule has 0 aliphatic carbocycles. The van der Waals surface area contributed by atoms with E-state index in [4.69, 9.17) is 14.2 Å². The topological polar surface area (TPSA) is 27.7 Å². The number of rotatable bonds is 7. The first-order valence-corrected chi connectivity index (χ1v) is 18.0. The van der Waals surface area contributed by atoms with Gasteiger partial charge < -0.3 is 14.2 Å². The lowest BCUT2D eigenvalue weighted by molar-refractivity contribution is 0.248. The van der Waals surface area contributed by atoms with Crippen molar-refractivity contribution in [3.63, 3.8) is 0 Å². The number of hydrogen-bond acceptors (Lipinski definition) is 3. The van der Waals surface area contributed by atoms with Crippen molar-refractivity contribution in [3.8, 4) is 17.2 Å². The molecule has 51 heavy (non-hydrogen) atoms. The first kappa shape index (κ1) is 33.7. The molecule has 0 aromatic heterocycles. The molecule has 0 atom stereocenters. The average Bonchev–Trinajstić information content (AvgIpc) is 3.17. The molecule has 0 heterocycles. The molecule has 0 bridgehead atoms. The molecule has 0 saturated carbocycles. The van der Waals surface area contributed by atoms with Crippen LogP contribution in [0, 0.1) is 0 Å². The lowest BCUT2D eigenvalue weighted by Gasteiger charge is -2.15. The molecule has 9 aromatic rings. The predicted octanol–water partition coefficient (Wildman–Crippen LogP) is 13.4. The summed E-state index contributed by atoms with van der Waals surface area (Å²) in [6.07, 6.45) is 1.21. The maximum atomic E-state index is 6.04. The third-order valence-electron chi connectivity index (χ3n) is 9.08. The van der Waals surface area contributed by atoms with Gasteiger partial charge >= 0.3 is 0 Å². The lowest BCUT2D eigenvalue weighted by atomic mass is 9.94. The fourth-order valence-corrected chi connectivity index (χ4v) is 6.86. The lowest BCUT2D eigenvalue weighted by Crippen LogP contribution is -2.06. The highest BCUT2D eigenvalue weighted by molar-refractivity contribution is 6.24. The van der Waals surface area contributed by atoms with E-state index in [0.29, 0.717) is 6.61 Å². The quantitative estimate of drug-likeness (QED) is 0.125. The second-order valence-corrected chi connectivity index (χ2v) is 13.0. The average molecular weight is 669 g/mol. The molecule has 3 heteroatoms. The van der Waals surface area contributed by atoms with E-state index < -0.39 is 0 Å². The molecule has 0 N–H and O–H groups in total. The van der Waals surface area contributed by atoms with Gasteiger partial charge in [0.25, 0.3) is 0 Å². The Kier molecular flexibility index (Phi) is 10.2. The second kappa shape index (κ2) is 15.4. The van der Waals surface area contributed by atoms with Gasteiger partial charge in [-0.1, -0.05) is 134 Å². The summed E-state index contributed by atoms with van der Waals surface area (Å²) >= 11 is 0. The monoisotopic (exact) mass is 668 g/mol. The smallest absolute Gasteiger partial charge is 0.135 e. The number of benzene rings is 9. The van der Waals surface area contributed by atoms with Crippen LogP contribution in [0.1, 0.15) is 34.1 Å². The van der Waals surface area contributed by atoms with Gasteiger partial charge in [-0.15, -0.1) is 0 Å². The Labute approximate surface area is 300 Å². The minimum Gasteiger partial charge on any atom is -0.493 e. The van der Waals surface area contributed by atoms with Gasteiger partial charge in [0.05, 0.1) is 19.3 Å². The van der Waals surface area contributed by atoms with Crippen LogP contribution in [0.15, 0.2) is 152 Å². The van der Waals surface area contributed by atoms with Gasteiger partial charge in [-0.25, -0.2) is 0 Å². The first-order chi connectivity index (χ1) is 25.1. The molecular formula is C48H44O3. The Bertz CT molecular complexity index is 2470. The molecule has 254 valence electrons. The number of ether oxygens (including phenoxy) is 3. The van der Waals surface area contributed by atoms with Crippen molar-refractivity contribution in [1.29, 1.82) is 0 Å². The first-order valence-electron chi connectivity index (χ1n) is 18.0. The van der Waals surface area contributed by atoms with Crippen LogP contribution >= 0.6 is 0 Å². The molecule has 9 rings (SSSR count). The van der Waals surface area contributed by atoms with E-state index in [2.05, 4.69) is 148 Å². The highest BCUT2D eigenvalue weighted by Gasteiger charge is 2.12. The minimum atomic E-state index is 0.180. The molecule has 0 fully saturated rings. The summed E-state index contributed by atoms with van der Waals surface area (Å²) in [7, 11) is 0. The fourth-order valence-electron chi connectivity index (χ4n) is 6.86. The summed E-state index contributed by atoms with van der Waals surface area (Å²) < 4.78 is 17.5. The van der Waals surface area contributed by atoms with Gasteiger partial charge in [0.15, 0.2) is 0 Å². The molecule has 3 nitrogen and oxygen atoms in total. The largest absolute Gasteiger partial charge is 0.493 e. The van der Waals surface area contributed by atoms with Crippen LogP contribution in [0.25, 0.3) is 64.6 Å². The molecule has 0 unspecified atom stereocenters. The zero-order chi connectivity index (χ0) is 35.2. The molecule has 0 saturated heterocycles. The van der Waals surface area contributed by atoms with Gasteiger partial charge in [-0.2, -0.15) is 0 Å². The van der Waals surface area contributed by atoms with Crippen LogP contribution < -0.4 is 14.2 Å². The highest BCUT2D eigenvalue weighted by atomic mass is 16.5. The standard InChI is InChI=1S/C19H16O.C17H16O.C12H12O/c1-2-12-20-17-11-9-15-7-6-13-4-3-5-14-8-10-16(17)19(15)18(13)14;1-12(2)18-17-15-9-5-3-7-13(15)11-14-8-4-6-10-16(14)17;1-2-13-12-9-5-7-10-6-3-4-8-11(10)12/h3-11H,2,12H2,1H3;3-12H,1-2H3;3-9H,2H2,1H3. The Hall–Kier alpha value is -5.80. The maximum Gasteiger partial charge on any atom is 0.135 e. The van der Waals surface area contributed by atoms with Crippen LogP contribution in [0.4, 0.5) is 0 Å². The predicted molar refractivity (Wildman–Crippen MR) is 218 cm³/mol. The van der Waals surface area contributed by atoms with Crippen molar-refractivity contribution in [3.05, 3.63) is 152 Å². The zero-order valence-electron chi connectivity index (χ0n) is 29.9. The Balaban J connectivity index is 0.000000122.